The van der Waals surface area contributed by atoms with Gasteiger partial charge in [-0.1, -0.05) is 11.6 Å². The molecule has 2 nitrogen and oxygen atoms in total. The Bertz CT molecular complexity index is 535. The number of aryl methyl sites for hydroxylation is 1. The summed E-state index contributed by atoms with van der Waals surface area (Å²) in [6.45, 7) is 1.95. The number of hydrogen-bond donors (Lipinski definition) is 0. The van der Waals surface area contributed by atoms with Crippen molar-refractivity contribution in [2.45, 2.75) is 6.92 Å². The van der Waals surface area contributed by atoms with Crippen molar-refractivity contribution in [1.29, 1.82) is 5.26 Å². The van der Waals surface area contributed by atoms with Crippen molar-refractivity contribution in [1.82, 2.24) is 4.98 Å². The lowest BCUT2D eigenvalue weighted by molar-refractivity contribution is 1.37. The Hall–Kier alpha value is -1.59. The van der Waals surface area contributed by atoms with Crippen LogP contribution in [0.4, 0.5) is 0 Å². The van der Waals surface area contributed by atoms with Crippen molar-refractivity contribution in [2.24, 2.45) is 0 Å². The Labute approximate surface area is 86.8 Å². The van der Waals surface area contributed by atoms with E-state index in [-0.39, 0.29) is 0 Å². The van der Waals surface area contributed by atoms with E-state index in [0.29, 0.717) is 16.1 Å². The van der Waals surface area contributed by atoms with Crippen molar-refractivity contribution in [3.63, 3.8) is 0 Å². The molecule has 0 aliphatic heterocycles. The second kappa shape index (κ2) is 3.28. The zero-order valence-corrected chi connectivity index (χ0v) is 8.34. The summed E-state index contributed by atoms with van der Waals surface area (Å²) in [6.07, 6.45) is 1.56. The average Bonchev–Trinajstić information content (AvgIpc) is 2.15. The molecule has 14 heavy (non-hydrogen) atoms. The fourth-order valence-corrected chi connectivity index (χ4v) is 1.62. The molecular weight excluding hydrogens is 196 g/mol. The van der Waals surface area contributed by atoms with Gasteiger partial charge in [0, 0.05) is 11.6 Å². The molecule has 1 aromatic carbocycles. The van der Waals surface area contributed by atoms with Crippen molar-refractivity contribution in [2.75, 3.05) is 0 Å². The van der Waals surface area contributed by atoms with Gasteiger partial charge in [0.2, 0.25) is 0 Å². The fourth-order valence-electron chi connectivity index (χ4n) is 1.46. The van der Waals surface area contributed by atoms with Crippen LogP contribution in [0, 0.1) is 18.3 Å². The maximum Gasteiger partial charge on any atom is 0.101 e. The molecule has 0 fully saturated rings. The van der Waals surface area contributed by atoms with Gasteiger partial charge < -0.3 is 0 Å². The number of benzene rings is 1. The molecule has 0 unspecified atom stereocenters. The first-order chi connectivity index (χ1) is 6.70. The van der Waals surface area contributed by atoms with Gasteiger partial charge in [0.1, 0.15) is 6.07 Å². The Balaban J connectivity index is 2.89. The second-order valence-corrected chi connectivity index (χ2v) is 3.59. The average molecular weight is 203 g/mol. The molecule has 0 N–H and O–H groups in total. The summed E-state index contributed by atoms with van der Waals surface area (Å²) in [5.41, 5.74) is 2.34. The van der Waals surface area contributed by atoms with Crippen molar-refractivity contribution in [3.8, 4) is 6.07 Å². The highest BCUT2D eigenvalue weighted by molar-refractivity contribution is 6.31. The van der Waals surface area contributed by atoms with E-state index >= 15 is 0 Å². The molecule has 68 valence electrons. The standard InChI is InChI=1S/C11H7ClN2/c1-7-2-8-4-10(12)6-14-11(8)9(3-7)5-13/h2-4,6H,1H3. The lowest BCUT2D eigenvalue weighted by atomic mass is 10.1. The molecule has 1 aromatic heterocycles. The van der Waals surface area contributed by atoms with Gasteiger partial charge >= 0.3 is 0 Å². The molecule has 0 spiro atoms. The smallest absolute Gasteiger partial charge is 0.101 e. The quantitative estimate of drug-likeness (QED) is 0.658. The first-order valence-electron chi connectivity index (χ1n) is 4.17. The summed E-state index contributed by atoms with van der Waals surface area (Å²) >= 11 is 5.82. The first kappa shape index (κ1) is 8.98. The molecule has 0 amide bonds. The van der Waals surface area contributed by atoms with E-state index in [9.17, 15) is 0 Å². The molecule has 1 heterocycles. The normalized spacial score (nSPS) is 10.1. The van der Waals surface area contributed by atoms with E-state index in [1.807, 2.05) is 25.1 Å². The third kappa shape index (κ3) is 1.43. The monoisotopic (exact) mass is 202 g/mol. The maximum atomic E-state index is 8.91. The predicted octanol–water partition coefficient (Wildman–Crippen LogP) is 3.07. The van der Waals surface area contributed by atoms with E-state index in [2.05, 4.69) is 11.1 Å². The molecule has 0 bridgehead atoms. The topological polar surface area (TPSA) is 36.7 Å². The van der Waals surface area contributed by atoms with Gasteiger partial charge in [-0.25, -0.2) is 0 Å². The molecule has 0 aliphatic rings. The minimum Gasteiger partial charge on any atom is -0.253 e. The number of hydrogen-bond acceptors (Lipinski definition) is 2. The zero-order chi connectivity index (χ0) is 10.1. The van der Waals surface area contributed by atoms with Crippen LogP contribution in [0.25, 0.3) is 10.9 Å². The summed E-state index contributed by atoms with van der Waals surface area (Å²) in [4.78, 5) is 4.14. The van der Waals surface area contributed by atoms with Crippen LogP contribution in [0.5, 0.6) is 0 Å². The van der Waals surface area contributed by atoms with Crippen molar-refractivity contribution in [3.05, 3.63) is 40.5 Å². The van der Waals surface area contributed by atoms with Gasteiger partial charge in [0.15, 0.2) is 0 Å². The highest BCUT2D eigenvalue weighted by Gasteiger charge is 2.03. The highest BCUT2D eigenvalue weighted by atomic mass is 35.5. The summed E-state index contributed by atoms with van der Waals surface area (Å²) < 4.78 is 0. The molecule has 0 radical (unpaired) electrons. The van der Waals surface area contributed by atoms with Crippen LogP contribution in [0.2, 0.25) is 5.02 Å². The highest BCUT2D eigenvalue weighted by Crippen LogP contribution is 2.21. The second-order valence-electron chi connectivity index (χ2n) is 3.15. The zero-order valence-electron chi connectivity index (χ0n) is 7.58. The molecular formula is C11H7ClN2. The van der Waals surface area contributed by atoms with Gasteiger partial charge in [-0.15, -0.1) is 0 Å². The minimum absolute atomic E-state index is 0.590. The number of nitriles is 1. The van der Waals surface area contributed by atoms with Crippen molar-refractivity contribution >= 4 is 22.5 Å². The van der Waals surface area contributed by atoms with Gasteiger partial charge in [-0.05, 0) is 30.7 Å². The summed E-state index contributed by atoms with van der Waals surface area (Å²) in [6, 6.07) is 7.73. The summed E-state index contributed by atoms with van der Waals surface area (Å²) in [7, 11) is 0. The van der Waals surface area contributed by atoms with Crippen molar-refractivity contribution < 1.29 is 0 Å². The lowest BCUT2D eigenvalue weighted by Crippen LogP contribution is -1.86. The number of nitrogens with zero attached hydrogens (tertiary/aromatic N) is 2. The molecule has 2 rings (SSSR count). The van der Waals surface area contributed by atoms with Crippen LogP contribution in [0.3, 0.4) is 0 Å². The predicted molar refractivity (Wildman–Crippen MR) is 56.2 cm³/mol. The Morgan fingerprint density at radius 3 is 2.86 bits per heavy atom. The summed E-state index contributed by atoms with van der Waals surface area (Å²) in [5, 5.41) is 10.4. The van der Waals surface area contributed by atoms with E-state index in [4.69, 9.17) is 16.9 Å². The van der Waals surface area contributed by atoms with Gasteiger partial charge in [0.05, 0.1) is 16.1 Å². The molecule has 0 saturated heterocycles. The van der Waals surface area contributed by atoms with E-state index in [1.165, 1.54) is 0 Å². The minimum atomic E-state index is 0.590. The SMILES string of the molecule is Cc1cc(C#N)c2ncc(Cl)cc2c1. The molecule has 0 saturated carbocycles. The third-order valence-corrected chi connectivity index (χ3v) is 2.22. The number of pyridine rings is 1. The number of fused-ring (bicyclic) bond motifs is 1. The van der Waals surface area contributed by atoms with Gasteiger partial charge in [-0.2, -0.15) is 5.26 Å². The third-order valence-electron chi connectivity index (χ3n) is 2.01. The number of rotatable bonds is 0. The van der Waals surface area contributed by atoms with Crippen LogP contribution < -0.4 is 0 Å². The van der Waals surface area contributed by atoms with Crippen LogP contribution >= 0.6 is 11.6 Å². The lowest BCUT2D eigenvalue weighted by Gasteiger charge is -2.01. The molecule has 0 aliphatic carbocycles. The Morgan fingerprint density at radius 2 is 2.14 bits per heavy atom. The molecule has 0 atom stereocenters. The van der Waals surface area contributed by atoms with Gasteiger partial charge in [-0.3, -0.25) is 4.98 Å². The fraction of sp³-hybridized carbons (Fsp3) is 0.0909. The van der Waals surface area contributed by atoms with E-state index < -0.39 is 0 Å². The van der Waals surface area contributed by atoms with E-state index in [1.54, 1.807) is 6.20 Å². The van der Waals surface area contributed by atoms with Crippen LogP contribution in [0.1, 0.15) is 11.1 Å². The largest absolute Gasteiger partial charge is 0.253 e. The number of halogens is 1. The Morgan fingerprint density at radius 1 is 1.36 bits per heavy atom. The molecule has 2 aromatic rings. The van der Waals surface area contributed by atoms with Crippen LogP contribution in [-0.2, 0) is 0 Å². The first-order valence-corrected chi connectivity index (χ1v) is 4.54. The van der Waals surface area contributed by atoms with Crippen LogP contribution in [0.15, 0.2) is 24.4 Å². The van der Waals surface area contributed by atoms with E-state index in [0.717, 1.165) is 10.9 Å². The van der Waals surface area contributed by atoms with Crippen LogP contribution in [-0.4, -0.2) is 4.98 Å². The summed E-state index contributed by atoms with van der Waals surface area (Å²) in [5.74, 6) is 0. The maximum absolute atomic E-state index is 8.91. The number of aromatic nitrogens is 1. The Kier molecular flexibility index (Phi) is 2.11. The van der Waals surface area contributed by atoms with Gasteiger partial charge in [0.25, 0.3) is 0 Å². The molecule has 3 heteroatoms.